The normalized spacial score (nSPS) is 11.9. The van der Waals surface area contributed by atoms with Crippen LogP contribution in [0, 0.1) is 0 Å². The van der Waals surface area contributed by atoms with Crippen LogP contribution in [-0.2, 0) is 25.8 Å². The van der Waals surface area contributed by atoms with Gasteiger partial charge in [0.1, 0.15) is 5.76 Å². The lowest BCUT2D eigenvalue weighted by Crippen LogP contribution is -2.29. The van der Waals surface area contributed by atoms with E-state index in [2.05, 4.69) is 40.0 Å². The molecule has 0 atom stereocenters. The summed E-state index contributed by atoms with van der Waals surface area (Å²) in [7, 11) is 0. The fraction of sp³-hybridized carbons (Fsp3) is 0.292. The summed E-state index contributed by atoms with van der Waals surface area (Å²) in [4.78, 5) is 14.6. The molecule has 2 aromatic carbocycles. The number of alkyl halides is 3. The fourth-order valence-electron chi connectivity index (χ4n) is 3.16. The molecule has 4 nitrogen and oxygen atoms in total. The standard InChI is InChI=1S/C24H24BrF3N2O2/c1-16(2)30(14-17-6-8-20(25)9-7-17)15-21-10-11-22(32-21)23(31)29-13-18-4-3-5-19(12-18)24(26,27)28/h3-12,16H,13-15H2,1-2H3,(H,29,31). The predicted molar refractivity (Wildman–Crippen MR) is 120 cm³/mol. The first-order valence-corrected chi connectivity index (χ1v) is 10.9. The second kappa shape index (κ2) is 10.4. The molecule has 1 aromatic heterocycles. The highest BCUT2D eigenvalue weighted by molar-refractivity contribution is 9.10. The molecular formula is C24H24BrF3N2O2. The molecule has 0 spiro atoms. The van der Waals surface area contributed by atoms with Crippen LogP contribution in [0.3, 0.4) is 0 Å². The molecule has 0 aliphatic heterocycles. The Hall–Kier alpha value is -2.58. The molecule has 3 aromatic rings. The summed E-state index contributed by atoms with van der Waals surface area (Å²) in [6.07, 6.45) is -4.42. The molecule has 0 saturated carbocycles. The summed E-state index contributed by atoms with van der Waals surface area (Å²) >= 11 is 3.43. The van der Waals surface area contributed by atoms with Crippen LogP contribution in [0.1, 0.15) is 46.9 Å². The quantitative estimate of drug-likeness (QED) is 0.382. The van der Waals surface area contributed by atoms with E-state index < -0.39 is 17.6 Å². The molecule has 1 amide bonds. The largest absolute Gasteiger partial charge is 0.455 e. The highest BCUT2D eigenvalue weighted by atomic mass is 79.9. The Bertz CT molecular complexity index is 1050. The van der Waals surface area contributed by atoms with E-state index in [1.165, 1.54) is 12.1 Å². The van der Waals surface area contributed by atoms with Gasteiger partial charge in [0.05, 0.1) is 12.1 Å². The Labute approximate surface area is 193 Å². The van der Waals surface area contributed by atoms with E-state index in [0.29, 0.717) is 17.9 Å². The number of nitrogens with zero attached hydrogens (tertiary/aromatic N) is 1. The number of halogens is 4. The lowest BCUT2D eigenvalue weighted by Gasteiger charge is -2.25. The van der Waals surface area contributed by atoms with Crippen LogP contribution in [0.25, 0.3) is 0 Å². The third-order valence-electron chi connectivity index (χ3n) is 4.98. The van der Waals surface area contributed by atoms with Gasteiger partial charge >= 0.3 is 6.18 Å². The van der Waals surface area contributed by atoms with Crippen molar-refractivity contribution in [3.63, 3.8) is 0 Å². The van der Waals surface area contributed by atoms with Gasteiger partial charge in [-0.15, -0.1) is 0 Å². The highest BCUT2D eigenvalue weighted by Crippen LogP contribution is 2.29. The first kappa shape index (κ1) is 24.1. The minimum absolute atomic E-state index is 0.0273. The smallest absolute Gasteiger partial charge is 0.416 e. The second-order valence-electron chi connectivity index (χ2n) is 7.77. The molecule has 3 rings (SSSR count). The molecule has 1 N–H and O–H groups in total. The van der Waals surface area contributed by atoms with Crippen LogP contribution in [0.15, 0.2) is 69.6 Å². The predicted octanol–water partition coefficient (Wildman–Crippen LogP) is 6.40. The molecule has 170 valence electrons. The maximum atomic E-state index is 12.8. The lowest BCUT2D eigenvalue weighted by molar-refractivity contribution is -0.137. The van der Waals surface area contributed by atoms with E-state index in [-0.39, 0.29) is 18.3 Å². The summed E-state index contributed by atoms with van der Waals surface area (Å²) in [5.74, 6) is 0.289. The Morgan fingerprint density at radius 1 is 1.03 bits per heavy atom. The fourth-order valence-corrected chi connectivity index (χ4v) is 3.42. The molecule has 1 heterocycles. The number of amides is 1. The Morgan fingerprint density at radius 3 is 2.41 bits per heavy atom. The van der Waals surface area contributed by atoms with Gasteiger partial charge in [-0.05, 0) is 61.4 Å². The van der Waals surface area contributed by atoms with Crippen molar-refractivity contribution in [1.29, 1.82) is 0 Å². The summed E-state index contributed by atoms with van der Waals surface area (Å²) in [6, 6.07) is 16.5. The van der Waals surface area contributed by atoms with Crippen molar-refractivity contribution in [2.24, 2.45) is 0 Å². The first-order valence-electron chi connectivity index (χ1n) is 10.1. The van der Waals surface area contributed by atoms with Crippen molar-refractivity contribution in [3.8, 4) is 0 Å². The number of hydrogen-bond donors (Lipinski definition) is 1. The highest BCUT2D eigenvalue weighted by Gasteiger charge is 2.30. The van der Waals surface area contributed by atoms with E-state index in [9.17, 15) is 18.0 Å². The Balaban J connectivity index is 1.60. The number of carbonyl (C=O) groups is 1. The average Bonchev–Trinajstić information content (AvgIpc) is 3.21. The van der Waals surface area contributed by atoms with Gasteiger partial charge in [-0.1, -0.05) is 40.2 Å². The van der Waals surface area contributed by atoms with E-state index in [0.717, 1.165) is 28.7 Å². The molecule has 0 radical (unpaired) electrons. The van der Waals surface area contributed by atoms with E-state index in [1.807, 2.05) is 24.3 Å². The van der Waals surface area contributed by atoms with Crippen LogP contribution in [0.2, 0.25) is 0 Å². The number of benzene rings is 2. The average molecular weight is 509 g/mol. The van der Waals surface area contributed by atoms with Gasteiger partial charge in [0.15, 0.2) is 5.76 Å². The molecule has 32 heavy (non-hydrogen) atoms. The third kappa shape index (κ3) is 6.71. The van der Waals surface area contributed by atoms with Gasteiger partial charge in [0.25, 0.3) is 5.91 Å². The van der Waals surface area contributed by atoms with Crippen LogP contribution >= 0.6 is 15.9 Å². The minimum atomic E-state index is -4.42. The number of rotatable bonds is 8. The SMILES string of the molecule is CC(C)N(Cc1ccc(Br)cc1)Cc1ccc(C(=O)NCc2cccc(C(F)(F)F)c2)o1. The van der Waals surface area contributed by atoms with Gasteiger partial charge in [0.2, 0.25) is 0 Å². The van der Waals surface area contributed by atoms with Crippen LogP contribution in [0.4, 0.5) is 13.2 Å². The molecule has 0 fully saturated rings. The summed E-state index contributed by atoms with van der Waals surface area (Å²) in [5, 5.41) is 2.61. The van der Waals surface area contributed by atoms with Crippen molar-refractivity contribution in [1.82, 2.24) is 10.2 Å². The van der Waals surface area contributed by atoms with Crippen molar-refractivity contribution in [3.05, 3.63) is 93.3 Å². The Morgan fingerprint density at radius 2 is 1.75 bits per heavy atom. The molecule has 0 aliphatic rings. The van der Waals surface area contributed by atoms with Crippen molar-refractivity contribution in [2.75, 3.05) is 0 Å². The Kier molecular flexibility index (Phi) is 7.79. The third-order valence-corrected chi connectivity index (χ3v) is 5.51. The second-order valence-corrected chi connectivity index (χ2v) is 8.69. The zero-order valence-corrected chi connectivity index (χ0v) is 19.3. The monoisotopic (exact) mass is 508 g/mol. The van der Waals surface area contributed by atoms with Gasteiger partial charge < -0.3 is 9.73 Å². The van der Waals surface area contributed by atoms with Crippen LogP contribution in [0.5, 0.6) is 0 Å². The van der Waals surface area contributed by atoms with Crippen molar-refractivity contribution >= 4 is 21.8 Å². The van der Waals surface area contributed by atoms with Gasteiger partial charge in [0, 0.05) is 23.6 Å². The molecular weight excluding hydrogens is 485 g/mol. The van der Waals surface area contributed by atoms with E-state index in [4.69, 9.17) is 4.42 Å². The van der Waals surface area contributed by atoms with Gasteiger partial charge in [-0.25, -0.2) is 0 Å². The molecule has 0 unspecified atom stereocenters. The summed E-state index contributed by atoms with van der Waals surface area (Å²) in [6.45, 7) is 5.40. The molecule has 0 bridgehead atoms. The first-order chi connectivity index (χ1) is 15.1. The molecule has 8 heteroatoms. The van der Waals surface area contributed by atoms with Crippen molar-refractivity contribution < 1.29 is 22.4 Å². The topological polar surface area (TPSA) is 45.5 Å². The maximum Gasteiger partial charge on any atom is 0.416 e. The van der Waals surface area contributed by atoms with Crippen LogP contribution in [-0.4, -0.2) is 16.8 Å². The lowest BCUT2D eigenvalue weighted by atomic mass is 10.1. The van der Waals surface area contributed by atoms with E-state index >= 15 is 0 Å². The van der Waals surface area contributed by atoms with Crippen molar-refractivity contribution in [2.45, 2.75) is 45.7 Å². The van der Waals surface area contributed by atoms with E-state index in [1.54, 1.807) is 12.1 Å². The number of carbonyl (C=O) groups excluding carboxylic acids is 1. The summed E-state index contributed by atoms with van der Waals surface area (Å²) < 4.78 is 45.3. The minimum Gasteiger partial charge on any atom is -0.455 e. The van der Waals surface area contributed by atoms with Gasteiger partial charge in [-0.3, -0.25) is 9.69 Å². The van der Waals surface area contributed by atoms with Gasteiger partial charge in [-0.2, -0.15) is 13.2 Å². The number of nitrogens with one attached hydrogen (secondary N) is 1. The zero-order chi connectivity index (χ0) is 23.3. The number of hydrogen-bond acceptors (Lipinski definition) is 3. The number of furan rings is 1. The maximum absolute atomic E-state index is 12.8. The van der Waals surface area contributed by atoms with Crippen LogP contribution < -0.4 is 5.32 Å². The summed E-state index contributed by atoms with van der Waals surface area (Å²) in [5.41, 5.74) is 0.775. The zero-order valence-electron chi connectivity index (χ0n) is 17.7. The molecule has 0 aliphatic carbocycles. The molecule has 0 saturated heterocycles.